The lowest BCUT2D eigenvalue weighted by Gasteiger charge is -2.10. The first-order valence-electron chi connectivity index (χ1n) is 11.0. The maximum absolute atomic E-state index is 13.5. The molecule has 10 nitrogen and oxygen atoms in total. The van der Waals surface area contributed by atoms with Crippen LogP contribution in [0.1, 0.15) is 70.8 Å². The molecule has 0 fully saturated rings. The number of hydrogen-bond donors (Lipinski definition) is 2. The van der Waals surface area contributed by atoms with Crippen LogP contribution in [0.2, 0.25) is 0 Å². The van der Waals surface area contributed by atoms with E-state index in [-0.39, 0.29) is 29.8 Å². The predicted molar refractivity (Wildman–Crippen MR) is 124 cm³/mol. The topological polar surface area (TPSA) is 136 Å². The molecule has 0 aliphatic heterocycles. The van der Waals surface area contributed by atoms with Gasteiger partial charge in [-0.15, -0.1) is 0 Å². The highest BCUT2D eigenvalue weighted by Crippen LogP contribution is 2.19. The average Bonchev–Trinajstić information content (AvgIpc) is 3.32. The summed E-state index contributed by atoms with van der Waals surface area (Å²) in [6.45, 7) is 6.29. The van der Waals surface area contributed by atoms with Crippen molar-refractivity contribution in [1.82, 2.24) is 18.7 Å². The van der Waals surface area contributed by atoms with Crippen LogP contribution in [-0.4, -0.2) is 58.7 Å². The largest absolute Gasteiger partial charge is 0.393 e. The molecule has 180 valence electrons. The molecule has 0 spiro atoms. The fourth-order valence-corrected chi connectivity index (χ4v) is 3.84. The van der Waals surface area contributed by atoms with Crippen LogP contribution in [-0.2, 0) is 6.42 Å². The van der Waals surface area contributed by atoms with Crippen LogP contribution in [0.3, 0.4) is 0 Å². The molecule has 0 bridgehead atoms. The van der Waals surface area contributed by atoms with Crippen molar-refractivity contribution in [3.8, 4) is 5.69 Å². The van der Waals surface area contributed by atoms with E-state index in [1.165, 1.54) is 13.8 Å². The monoisotopic (exact) mass is 468 g/mol. The smallest absolute Gasteiger partial charge is 0.342 e. The SMILES string of the molecule is CCc1c(C(=O)c2ccc(-n3ccnc3C)cc2)n(C(=O)CC(C)O)c(=O)n1C(=O)CC(C)O. The van der Waals surface area contributed by atoms with Gasteiger partial charge in [0.15, 0.2) is 0 Å². The highest BCUT2D eigenvalue weighted by molar-refractivity contribution is 6.11. The number of carbonyl (C=O) groups is 3. The number of nitrogens with zero attached hydrogens (tertiary/aromatic N) is 4. The van der Waals surface area contributed by atoms with E-state index >= 15 is 0 Å². The first-order chi connectivity index (χ1) is 16.1. The highest BCUT2D eigenvalue weighted by atomic mass is 16.3. The molecule has 0 amide bonds. The van der Waals surface area contributed by atoms with E-state index in [1.807, 2.05) is 11.5 Å². The standard InChI is InChI=1S/C24H28N4O6/c1-5-19-22(23(33)17-6-8-18(9-7-17)26-11-10-25-16(26)4)28(21(32)13-15(3)30)24(34)27(19)20(31)12-14(2)29/h6-11,14-15,29-30H,5,12-13H2,1-4H3. The zero-order valence-corrected chi connectivity index (χ0v) is 19.6. The van der Waals surface area contributed by atoms with Crippen molar-refractivity contribution < 1.29 is 24.6 Å². The zero-order valence-electron chi connectivity index (χ0n) is 19.6. The molecule has 3 rings (SSSR count). The van der Waals surface area contributed by atoms with Crippen molar-refractivity contribution in [2.45, 2.75) is 59.2 Å². The number of hydrogen-bond acceptors (Lipinski definition) is 7. The molecular weight excluding hydrogens is 440 g/mol. The molecule has 1 aromatic carbocycles. The van der Waals surface area contributed by atoms with Gasteiger partial charge < -0.3 is 14.8 Å². The first-order valence-corrected chi connectivity index (χ1v) is 11.0. The Bertz CT molecular complexity index is 1280. The molecule has 0 aliphatic carbocycles. The molecule has 10 heteroatoms. The third-order valence-electron chi connectivity index (χ3n) is 5.37. The second-order valence-corrected chi connectivity index (χ2v) is 8.22. The van der Waals surface area contributed by atoms with Crippen LogP contribution in [0, 0.1) is 6.92 Å². The van der Waals surface area contributed by atoms with E-state index in [1.54, 1.807) is 43.6 Å². The van der Waals surface area contributed by atoms with Gasteiger partial charge in [-0.3, -0.25) is 14.4 Å². The molecule has 2 heterocycles. The van der Waals surface area contributed by atoms with Crippen LogP contribution >= 0.6 is 0 Å². The molecule has 34 heavy (non-hydrogen) atoms. The Hall–Kier alpha value is -3.63. The van der Waals surface area contributed by atoms with Gasteiger partial charge in [0, 0.05) is 23.6 Å². The van der Waals surface area contributed by atoms with Gasteiger partial charge in [0.1, 0.15) is 11.5 Å². The molecule has 3 aromatic rings. The van der Waals surface area contributed by atoms with Crippen molar-refractivity contribution in [2.24, 2.45) is 0 Å². The Morgan fingerprint density at radius 2 is 1.53 bits per heavy atom. The van der Waals surface area contributed by atoms with E-state index in [2.05, 4.69) is 4.98 Å². The Morgan fingerprint density at radius 3 is 2.00 bits per heavy atom. The third kappa shape index (κ3) is 4.82. The lowest BCUT2D eigenvalue weighted by Crippen LogP contribution is -2.35. The average molecular weight is 469 g/mol. The Morgan fingerprint density at radius 1 is 0.971 bits per heavy atom. The van der Waals surface area contributed by atoms with E-state index in [0.29, 0.717) is 4.57 Å². The minimum Gasteiger partial charge on any atom is -0.393 e. The number of ketones is 1. The maximum atomic E-state index is 13.5. The maximum Gasteiger partial charge on any atom is 0.342 e. The van der Waals surface area contributed by atoms with Crippen molar-refractivity contribution in [2.75, 3.05) is 0 Å². The van der Waals surface area contributed by atoms with Crippen molar-refractivity contribution in [1.29, 1.82) is 0 Å². The number of benzene rings is 1. The highest BCUT2D eigenvalue weighted by Gasteiger charge is 2.31. The summed E-state index contributed by atoms with van der Waals surface area (Å²) in [5.41, 5.74) is -0.135. The van der Waals surface area contributed by atoms with Crippen LogP contribution in [0.5, 0.6) is 0 Å². The van der Waals surface area contributed by atoms with Gasteiger partial charge >= 0.3 is 5.69 Å². The number of aromatic nitrogens is 4. The molecule has 2 aromatic heterocycles. The molecule has 0 saturated carbocycles. The number of carbonyl (C=O) groups excluding carboxylic acids is 3. The van der Waals surface area contributed by atoms with Gasteiger partial charge in [0.25, 0.3) is 0 Å². The lowest BCUT2D eigenvalue weighted by molar-refractivity contribution is 0.0796. The number of aliphatic hydroxyl groups is 2. The molecule has 0 radical (unpaired) electrons. The Balaban J connectivity index is 2.15. The van der Waals surface area contributed by atoms with Gasteiger partial charge in [-0.2, -0.15) is 0 Å². The summed E-state index contributed by atoms with van der Waals surface area (Å²) in [6, 6.07) is 6.56. The van der Waals surface area contributed by atoms with Gasteiger partial charge in [-0.25, -0.2) is 18.9 Å². The van der Waals surface area contributed by atoms with Gasteiger partial charge in [-0.05, 0) is 51.5 Å². The Kier molecular flexibility index (Phi) is 7.43. The molecule has 2 atom stereocenters. The summed E-state index contributed by atoms with van der Waals surface area (Å²) in [5.74, 6) is -1.36. The summed E-state index contributed by atoms with van der Waals surface area (Å²) in [6.07, 6.45) is 0.720. The van der Waals surface area contributed by atoms with Crippen LogP contribution in [0.4, 0.5) is 0 Å². The fraction of sp³-hybridized carbons (Fsp3) is 0.375. The predicted octanol–water partition coefficient (Wildman–Crippen LogP) is 1.76. The van der Waals surface area contributed by atoms with E-state index < -0.39 is 41.9 Å². The van der Waals surface area contributed by atoms with E-state index in [9.17, 15) is 29.4 Å². The quantitative estimate of drug-likeness (QED) is 0.481. The normalized spacial score (nSPS) is 13.0. The zero-order chi connectivity index (χ0) is 25.2. The van der Waals surface area contributed by atoms with Crippen molar-refractivity contribution in [3.63, 3.8) is 0 Å². The third-order valence-corrected chi connectivity index (χ3v) is 5.37. The van der Waals surface area contributed by atoms with Crippen molar-refractivity contribution in [3.05, 3.63) is 69.9 Å². The van der Waals surface area contributed by atoms with Crippen LogP contribution in [0.25, 0.3) is 5.69 Å². The van der Waals surface area contributed by atoms with Gasteiger partial charge in [0.2, 0.25) is 17.6 Å². The molecule has 2 N–H and O–H groups in total. The number of imidazole rings is 2. The summed E-state index contributed by atoms with van der Waals surface area (Å²) >= 11 is 0. The Labute approximate surface area is 196 Å². The molecule has 2 unspecified atom stereocenters. The van der Waals surface area contributed by atoms with Gasteiger partial charge in [0.05, 0.1) is 30.7 Å². The number of aliphatic hydroxyl groups excluding tert-OH is 2. The minimum atomic E-state index is -1.05. The lowest BCUT2D eigenvalue weighted by atomic mass is 10.0. The number of rotatable bonds is 8. The molecular formula is C24H28N4O6. The number of aryl methyl sites for hydroxylation is 1. The second-order valence-electron chi connectivity index (χ2n) is 8.22. The summed E-state index contributed by atoms with van der Waals surface area (Å²) in [7, 11) is 0. The van der Waals surface area contributed by atoms with E-state index in [0.717, 1.165) is 16.1 Å². The fourth-order valence-electron chi connectivity index (χ4n) is 3.84. The first kappa shape index (κ1) is 25.0. The van der Waals surface area contributed by atoms with Gasteiger partial charge in [-0.1, -0.05) is 6.92 Å². The summed E-state index contributed by atoms with van der Waals surface area (Å²) < 4.78 is 3.28. The molecule has 0 saturated heterocycles. The van der Waals surface area contributed by atoms with Crippen LogP contribution < -0.4 is 5.69 Å². The van der Waals surface area contributed by atoms with Crippen LogP contribution in [0.15, 0.2) is 41.5 Å². The minimum absolute atomic E-state index is 0.0779. The van der Waals surface area contributed by atoms with Crippen molar-refractivity contribution >= 4 is 17.6 Å². The van der Waals surface area contributed by atoms with E-state index in [4.69, 9.17) is 0 Å². The second kappa shape index (κ2) is 10.1. The molecule has 0 aliphatic rings. The summed E-state index contributed by atoms with van der Waals surface area (Å²) in [4.78, 5) is 56.5. The summed E-state index contributed by atoms with van der Waals surface area (Å²) in [5, 5.41) is 19.3.